The van der Waals surface area contributed by atoms with E-state index in [-0.39, 0.29) is 12.3 Å². The molecule has 7 heteroatoms. The van der Waals surface area contributed by atoms with Crippen molar-refractivity contribution in [3.8, 4) is 0 Å². The van der Waals surface area contributed by atoms with E-state index in [1.165, 1.54) is 5.56 Å². The van der Waals surface area contributed by atoms with Gasteiger partial charge < -0.3 is 10.6 Å². The third-order valence-electron chi connectivity index (χ3n) is 4.97. The second kappa shape index (κ2) is 7.70. The zero-order valence-electron chi connectivity index (χ0n) is 15.2. The Morgan fingerprint density at radius 1 is 1.23 bits per heavy atom. The van der Waals surface area contributed by atoms with Crippen molar-refractivity contribution >= 4 is 11.8 Å². The third-order valence-corrected chi connectivity index (χ3v) is 4.97. The number of aryl methyl sites for hydroxylation is 2. The van der Waals surface area contributed by atoms with Crippen LogP contribution in [0.1, 0.15) is 22.5 Å². The molecule has 1 unspecified atom stereocenters. The fourth-order valence-electron chi connectivity index (χ4n) is 3.45. The molecular weight excluding hydrogens is 330 g/mol. The van der Waals surface area contributed by atoms with Crippen LogP contribution in [0.3, 0.4) is 0 Å². The lowest BCUT2D eigenvalue weighted by atomic mass is 10.1. The molecule has 1 atom stereocenters. The number of rotatable bonds is 5. The standard InChI is InChI=1S/C19H25N5O2/c1-13-16(14(2)22-21-13)10-18(25)24-9-8-23(12-17(24)19(20)26)11-15-6-4-3-5-7-15/h3-7,17H,8-12H2,1-2H3,(H2,20,26)(H,21,22). The molecule has 1 fully saturated rings. The molecule has 1 aromatic carbocycles. The van der Waals surface area contributed by atoms with Crippen LogP contribution in [0, 0.1) is 13.8 Å². The van der Waals surface area contributed by atoms with Gasteiger partial charge in [-0.2, -0.15) is 5.10 Å². The fourth-order valence-corrected chi connectivity index (χ4v) is 3.45. The average Bonchev–Trinajstić information content (AvgIpc) is 2.94. The van der Waals surface area contributed by atoms with Crippen LogP contribution in [0.25, 0.3) is 0 Å². The summed E-state index contributed by atoms with van der Waals surface area (Å²) in [6, 6.07) is 9.48. The summed E-state index contributed by atoms with van der Waals surface area (Å²) in [4.78, 5) is 28.6. The van der Waals surface area contributed by atoms with Gasteiger partial charge in [0.1, 0.15) is 6.04 Å². The zero-order chi connectivity index (χ0) is 18.7. The molecule has 7 nitrogen and oxygen atoms in total. The summed E-state index contributed by atoms with van der Waals surface area (Å²) in [5, 5.41) is 7.02. The molecule has 0 aliphatic carbocycles. The molecule has 138 valence electrons. The second-order valence-corrected chi connectivity index (χ2v) is 6.82. The van der Waals surface area contributed by atoms with Crippen LogP contribution in [0.5, 0.6) is 0 Å². The summed E-state index contributed by atoms with van der Waals surface area (Å²) < 4.78 is 0. The first kappa shape index (κ1) is 18.1. The Hall–Kier alpha value is -2.67. The number of H-pyrrole nitrogens is 1. The van der Waals surface area contributed by atoms with Crippen LogP contribution in [0.2, 0.25) is 0 Å². The fraction of sp³-hybridized carbons (Fsp3) is 0.421. The first-order valence-corrected chi connectivity index (χ1v) is 8.81. The maximum atomic E-state index is 12.8. The number of nitrogens with one attached hydrogen (secondary N) is 1. The van der Waals surface area contributed by atoms with Gasteiger partial charge in [0.15, 0.2) is 0 Å². The average molecular weight is 355 g/mol. The Balaban J connectivity index is 1.68. The summed E-state index contributed by atoms with van der Waals surface area (Å²) in [7, 11) is 0. The predicted octanol–water partition coefficient (Wildman–Crippen LogP) is 0.767. The van der Waals surface area contributed by atoms with Gasteiger partial charge in [-0.3, -0.25) is 19.6 Å². The SMILES string of the molecule is Cc1n[nH]c(C)c1CC(=O)N1CCN(Cc2ccccc2)CC1C(N)=O. The molecule has 1 aliphatic rings. The van der Waals surface area contributed by atoms with Crippen LogP contribution in [0.15, 0.2) is 30.3 Å². The molecule has 0 bridgehead atoms. The lowest BCUT2D eigenvalue weighted by Crippen LogP contribution is -2.59. The number of carbonyl (C=O) groups is 2. The van der Waals surface area contributed by atoms with E-state index in [0.29, 0.717) is 19.6 Å². The van der Waals surface area contributed by atoms with Crippen molar-refractivity contribution in [2.24, 2.45) is 5.73 Å². The van der Waals surface area contributed by atoms with Crippen LogP contribution < -0.4 is 5.73 Å². The smallest absolute Gasteiger partial charge is 0.241 e. The van der Waals surface area contributed by atoms with Crippen LogP contribution >= 0.6 is 0 Å². The van der Waals surface area contributed by atoms with E-state index < -0.39 is 11.9 Å². The van der Waals surface area contributed by atoms with Gasteiger partial charge in [0, 0.05) is 37.4 Å². The minimum Gasteiger partial charge on any atom is -0.368 e. The number of hydrogen-bond donors (Lipinski definition) is 2. The Morgan fingerprint density at radius 2 is 1.96 bits per heavy atom. The van der Waals surface area contributed by atoms with Crippen molar-refractivity contribution in [1.29, 1.82) is 0 Å². The molecule has 1 saturated heterocycles. The normalized spacial score (nSPS) is 18.1. The topological polar surface area (TPSA) is 95.3 Å². The van der Waals surface area contributed by atoms with Gasteiger partial charge >= 0.3 is 0 Å². The molecule has 1 aliphatic heterocycles. The number of carbonyl (C=O) groups excluding carboxylic acids is 2. The Bertz CT molecular complexity index is 767. The highest BCUT2D eigenvalue weighted by atomic mass is 16.2. The Morgan fingerprint density at radius 3 is 2.58 bits per heavy atom. The number of primary amides is 1. The summed E-state index contributed by atoms with van der Waals surface area (Å²) in [6.45, 7) is 6.18. The highest BCUT2D eigenvalue weighted by Crippen LogP contribution is 2.17. The van der Waals surface area contributed by atoms with Gasteiger partial charge in [0.25, 0.3) is 0 Å². The molecule has 2 heterocycles. The van der Waals surface area contributed by atoms with E-state index in [1.807, 2.05) is 32.0 Å². The molecule has 1 aromatic heterocycles. The van der Waals surface area contributed by atoms with Gasteiger partial charge in [-0.05, 0) is 19.4 Å². The van der Waals surface area contributed by atoms with Crippen molar-refractivity contribution in [2.45, 2.75) is 32.9 Å². The number of piperazine rings is 1. The molecule has 3 rings (SSSR count). The predicted molar refractivity (Wildman–Crippen MR) is 98.2 cm³/mol. The van der Waals surface area contributed by atoms with Gasteiger partial charge in [-0.15, -0.1) is 0 Å². The minimum absolute atomic E-state index is 0.0826. The summed E-state index contributed by atoms with van der Waals surface area (Å²) in [6.07, 6.45) is 0.233. The quantitative estimate of drug-likeness (QED) is 0.828. The van der Waals surface area contributed by atoms with E-state index >= 15 is 0 Å². The summed E-state index contributed by atoms with van der Waals surface area (Å²) >= 11 is 0. The zero-order valence-corrected chi connectivity index (χ0v) is 15.2. The lowest BCUT2D eigenvalue weighted by Gasteiger charge is -2.40. The van der Waals surface area contributed by atoms with E-state index in [4.69, 9.17) is 5.73 Å². The molecule has 2 aromatic rings. The second-order valence-electron chi connectivity index (χ2n) is 6.82. The molecule has 3 N–H and O–H groups in total. The van der Waals surface area contributed by atoms with Crippen molar-refractivity contribution < 1.29 is 9.59 Å². The summed E-state index contributed by atoms with van der Waals surface area (Å²) in [5.41, 5.74) is 9.38. The molecule has 2 amide bonds. The number of aromatic amines is 1. The first-order valence-electron chi connectivity index (χ1n) is 8.81. The van der Waals surface area contributed by atoms with E-state index in [2.05, 4.69) is 27.2 Å². The molecule has 26 heavy (non-hydrogen) atoms. The maximum Gasteiger partial charge on any atom is 0.241 e. The van der Waals surface area contributed by atoms with Crippen molar-refractivity contribution in [3.63, 3.8) is 0 Å². The maximum absolute atomic E-state index is 12.8. The van der Waals surface area contributed by atoms with E-state index in [9.17, 15) is 9.59 Å². The number of nitrogens with two attached hydrogens (primary N) is 1. The molecule has 0 radical (unpaired) electrons. The number of nitrogens with zero attached hydrogens (tertiary/aromatic N) is 3. The van der Waals surface area contributed by atoms with Gasteiger partial charge in [-0.1, -0.05) is 30.3 Å². The summed E-state index contributed by atoms with van der Waals surface area (Å²) in [5.74, 6) is -0.544. The van der Waals surface area contributed by atoms with Gasteiger partial charge in [-0.25, -0.2) is 0 Å². The minimum atomic E-state index is -0.604. The van der Waals surface area contributed by atoms with Crippen LogP contribution in [-0.2, 0) is 22.6 Å². The van der Waals surface area contributed by atoms with Crippen molar-refractivity contribution in [1.82, 2.24) is 20.0 Å². The van der Waals surface area contributed by atoms with Gasteiger partial charge in [0.05, 0.1) is 12.1 Å². The number of amides is 2. The first-order chi connectivity index (χ1) is 12.5. The Labute approximate surface area is 153 Å². The number of benzene rings is 1. The Kier molecular flexibility index (Phi) is 5.37. The highest BCUT2D eigenvalue weighted by molar-refractivity contribution is 5.88. The molecule has 0 saturated carbocycles. The van der Waals surface area contributed by atoms with E-state index in [1.54, 1.807) is 4.90 Å². The van der Waals surface area contributed by atoms with Crippen molar-refractivity contribution in [2.75, 3.05) is 19.6 Å². The van der Waals surface area contributed by atoms with Crippen LogP contribution in [0.4, 0.5) is 0 Å². The van der Waals surface area contributed by atoms with E-state index in [0.717, 1.165) is 23.5 Å². The lowest BCUT2D eigenvalue weighted by molar-refractivity contribution is -0.142. The van der Waals surface area contributed by atoms with Crippen molar-refractivity contribution in [3.05, 3.63) is 52.8 Å². The van der Waals surface area contributed by atoms with Gasteiger partial charge in [0.2, 0.25) is 11.8 Å². The highest BCUT2D eigenvalue weighted by Gasteiger charge is 2.34. The third kappa shape index (κ3) is 3.94. The number of hydrogen-bond acceptors (Lipinski definition) is 4. The monoisotopic (exact) mass is 355 g/mol. The number of aromatic nitrogens is 2. The largest absolute Gasteiger partial charge is 0.368 e. The molecular formula is C19H25N5O2. The van der Waals surface area contributed by atoms with Crippen LogP contribution in [-0.4, -0.2) is 57.5 Å². The molecule has 0 spiro atoms.